The Kier molecular flexibility index (Phi) is 2.44. The minimum Gasteiger partial charge on any atom is -0.317 e. The Morgan fingerprint density at radius 1 is 1.29 bits per heavy atom. The van der Waals surface area contributed by atoms with Gasteiger partial charge < -0.3 is 10.2 Å². The molecule has 3 nitrogen and oxygen atoms in total. The van der Waals surface area contributed by atoms with Gasteiger partial charge in [-0.05, 0) is 44.5 Å². The van der Waals surface area contributed by atoms with Gasteiger partial charge in [-0.25, -0.2) is 0 Å². The first-order chi connectivity index (χ1) is 8.29. The van der Waals surface area contributed by atoms with Crippen LogP contribution in [0.15, 0.2) is 24.3 Å². The predicted molar refractivity (Wildman–Crippen MR) is 68.3 cm³/mol. The number of nitrogens with one attached hydrogen (secondary N) is 1. The van der Waals surface area contributed by atoms with Crippen molar-refractivity contribution in [3.63, 3.8) is 0 Å². The Morgan fingerprint density at radius 2 is 2.00 bits per heavy atom. The zero-order chi connectivity index (χ0) is 11.9. The number of benzene rings is 1. The number of amides is 1. The van der Waals surface area contributed by atoms with Crippen LogP contribution in [0.25, 0.3) is 0 Å². The number of para-hydroxylation sites is 1. The minimum atomic E-state index is -0.238. The van der Waals surface area contributed by atoms with E-state index in [1.165, 1.54) is 5.56 Å². The summed E-state index contributed by atoms with van der Waals surface area (Å²) in [5.74, 6) is 0.308. The van der Waals surface area contributed by atoms with Crippen LogP contribution < -0.4 is 10.2 Å². The SMILES string of the molecule is CCN1C(=O)C2(CCNCC2)c2ccccc21. The molecule has 17 heavy (non-hydrogen) atoms. The third-order valence-electron chi connectivity index (χ3n) is 4.14. The molecule has 2 aliphatic rings. The van der Waals surface area contributed by atoms with Gasteiger partial charge in [0, 0.05) is 12.2 Å². The van der Waals surface area contributed by atoms with Gasteiger partial charge in [-0.2, -0.15) is 0 Å². The second-order valence-electron chi connectivity index (χ2n) is 4.90. The highest BCUT2D eigenvalue weighted by molar-refractivity contribution is 6.08. The van der Waals surface area contributed by atoms with Crippen molar-refractivity contribution in [2.45, 2.75) is 25.2 Å². The van der Waals surface area contributed by atoms with Crippen molar-refractivity contribution in [2.75, 3.05) is 24.5 Å². The van der Waals surface area contributed by atoms with E-state index in [1.807, 2.05) is 11.0 Å². The molecule has 0 aliphatic carbocycles. The van der Waals surface area contributed by atoms with Crippen LogP contribution in [0.5, 0.6) is 0 Å². The summed E-state index contributed by atoms with van der Waals surface area (Å²) in [6, 6.07) is 8.28. The normalized spacial score (nSPS) is 21.9. The van der Waals surface area contributed by atoms with Gasteiger partial charge in [0.15, 0.2) is 0 Å². The smallest absolute Gasteiger partial charge is 0.237 e. The van der Waals surface area contributed by atoms with Crippen molar-refractivity contribution in [1.29, 1.82) is 0 Å². The maximum atomic E-state index is 12.7. The molecule has 1 spiro atoms. The monoisotopic (exact) mass is 230 g/mol. The van der Waals surface area contributed by atoms with Crippen molar-refractivity contribution in [1.82, 2.24) is 5.32 Å². The number of anilines is 1. The largest absolute Gasteiger partial charge is 0.317 e. The van der Waals surface area contributed by atoms with E-state index >= 15 is 0 Å². The van der Waals surface area contributed by atoms with Crippen LogP contribution >= 0.6 is 0 Å². The quantitative estimate of drug-likeness (QED) is 0.796. The number of carbonyl (C=O) groups excluding carboxylic acids is 1. The van der Waals surface area contributed by atoms with Crippen LogP contribution in [0.4, 0.5) is 5.69 Å². The van der Waals surface area contributed by atoms with Crippen LogP contribution in [-0.2, 0) is 10.2 Å². The third-order valence-corrected chi connectivity index (χ3v) is 4.14. The Labute approximate surface area is 102 Å². The number of hydrogen-bond acceptors (Lipinski definition) is 2. The Hall–Kier alpha value is -1.35. The summed E-state index contributed by atoms with van der Waals surface area (Å²) in [6.45, 7) is 4.70. The lowest BCUT2D eigenvalue weighted by atomic mass is 9.74. The summed E-state index contributed by atoms with van der Waals surface area (Å²) in [7, 11) is 0. The van der Waals surface area contributed by atoms with E-state index in [0.29, 0.717) is 5.91 Å². The van der Waals surface area contributed by atoms with E-state index in [0.717, 1.165) is 38.2 Å². The molecule has 0 saturated carbocycles. The maximum Gasteiger partial charge on any atom is 0.237 e. The lowest BCUT2D eigenvalue weighted by molar-refractivity contribution is -0.124. The number of likely N-dealkylation sites (N-methyl/N-ethyl adjacent to an activating group) is 1. The molecule has 0 aromatic heterocycles. The van der Waals surface area contributed by atoms with Crippen molar-refractivity contribution in [2.24, 2.45) is 0 Å². The molecule has 1 N–H and O–H groups in total. The first kappa shape index (κ1) is 10.8. The molecule has 0 bridgehead atoms. The second-order valence-corrected chi connectivity index (χ2v) is 4.90. The molecule has 3 rings (SSSR count). The van der Waals surface area contributed by atoms with E-state index in [2.05, 4.69) is 30.4 Å². The zero-order valence-electron chi connectivity index (χ0n) is 10.2. The Balaban J connectivity index is 2.14. The van der Waals surface area contributed by atoms with Crippen LogP contribution in [0.2, 0.25) is 0 Å². The molecule has 2 heterocycles. The van der Waals surface area contributed by atoms with E-state index in [9.17, 15) is 4.79 Å². The maximum absolute atomic E-state index is 12.7. The van der Waals surface area contributed by atoms with Crippen LogP contribution in [0, 0.1) is 0 Å². The number of carbonyl (C=O) groups is 1. The first-order valence-electron chi connectivity index (χ1n) is 6.42. The van der Waals surface area contributed by atoms with Gasteiger partial charge in [-0.3, -0.25) is 4.79 Å². The molecule has 1 fully saturated rings. The van der Waals surface area contributed by atoms with E-state index < -0.39 is 0 Å². The first-order valence-corrected chi connectivity index (χ1v) is 6.42. The summed E-state index contributed by atoms with van der Waals surface area (Å²) < 4.78 is 0. The van der Waals surface area contributed by atoms with Crippen molar-refractivity contribution >= 4 is 11.6 Å². The van der Waals surface area contributed by atoms with Gasteiger partial charge in [0.25, 0.3) is 0 Å². The van der Waals surface area contributed by atoms with E-state index in [-0.39, 0.29) is 5.41 Å². The van der Waals surface area contributed by atoms with Crippen molar-refractivity contribution in [3.05, 3.63) is 29.8 Å². The van der Waals surface area contributed by atoms with E-state index in [1.54, 1.807) is 0 Å². The molecule has 0 unspecified atom stereocenters. The Morgan fingerprint density at radius 3 is 2.71 bits per heavy atom. The molecule has 1 amide bonds. The molecule has 90 valence electrons. The lowest BCUT2D eigenvalue weighted by Gasteiger charge is -2.32. The molecule has 1 aromatic carbocycles. The van der Waals surface area contributed by atoms with Gasteiger partial charge in [-0.15, -0.1) is 0 Å². The summed E-state index contributed by atoms with van der Waals surface area (Å²) in [5, 5.41) is 3.35. The lowest BCUT2D eigenvalue weighted by Crippen LogP contribution is -2.47. The third kappa shape index (κ3) is 1.35. The molecule has 0 atom stereocenters. The van der Waals surface area contributed by atoms with Gasteiger partial charge in [0.1, 0.15) is 0 Å². The van der Waals surface area contributed by atoms with Crippen molar-refractivity contribution in [3.8, 4) is 0 Å². The molecule has 0 radical (unpaired) electrons. The highest BCUT2D eigenvalue weighted by Crippen LogP contribution is 2.46. The van der Waals surface area contributed by atoms with Gasteiger partial charge >= 0.3 is 0 Å². The van der Waals surface area contributed by atoms with Gasteiger partial charge in [0.05, 0.1) is 5.41 Å². The summed E-state index contributed by atoms with van der Waals surface area (Å²) >= 11 is 0. The highest BCUT2D eigenvalue weighted by atomic mass is 16.2. The van der Waals surface area contributed by atoms with Gasteiger partial charge in [0.2, 0.25) is 5.91 Å². The number of piperidine rings is 1. The summed E-state index contributed by atoms with van der Waals surface area (Å²) in [6.07, 6.45) is 1.86. The Bertz CT molecular complexity index is 449. The molecular weight excluding hydrogens is 212 g/mol. The molecule has 1 aromatic rings. The molecular formula is C14H18N2O. The number of hydrogen-bond donors (Lipinski definition) is 1. The molecule has 3 heteroatoms. The zero-order valence-corrected chi connectivity index (χ0v) is 10.2. The number of fused-ring (bicyclic) bond motifs is 2. The van der Waals surface area contributed by atoms with Crippen molar-refractivity contribution < 1.29 is 4.79 Å². The summed E-state index contributed by atoms with van der Waals surface area (Å²) in [5.41, 5.74) is 2.13. The molecule has 2 aliphatic heterocycles. The fourth-order valence-corrected chi connectivity index (χ4v) is 3.25. The van der Waals surface area contributed by atoms with E-state index in [4.69, 9.17) is 0 Å². The van der Waals surface area contributed by atoms with Crippen LogP contribution in [0.1, 0.15) is 25.3 Å². The fraction of sp³-hybridized carbons (Fsp3) is 0.500. The van der Waals surface area contributed by atoms with Crippen LogP contribution in [-0.4, -0.2) is 25.5 Å². The second kappa shape index (κ2) is 3.84. The predicted octanol–water partition coefficient (Wildman–Crippen LogP) is 1.67. The molecule has 1 saturated heterocycles. The highest BCUT2D eigenvalue weighted by Gasteiger charge is 2.50. The number of nitrogens with zero attached hydrogens (tertiary/aromatic N) is 1. The summed E-state index contributed by atoms with van der Waals surface area (Å²) in [4.78, 5) is 14.6. The number of rotatable bonds is 1. The van der Waals surface area contributed by atoms with Gasteiger partial charge in [-0.1, -0.05) is 18.2 Å². The average molecular weight is 230 g/mol. The fourth-order valence-electron chi connectivity index (χ4n) is 3.25. The average Bonchev–Trinajstić information content (AvgIpc) is 2.61. The van der Waals surface area contributed by atoms with Crippen LogP contribution in [0.3, 0.4) is 0 Å². The standard InChI is InChI=1S/C14H18N2O/c1-2-16-12-6-4-3-5-11(12)14(13(16)17)7-9-15-10-8-14/h3-6,15H,2,7-10H2,1H3. The minimum absolute atomic E-state index is 0.238. The topological polar surface area (TPSA) is 32.3 Å².